The Morgan fingerprint density at radius 3 is 2.00 bits per heavy atom. The van der Waals surface area contributed by atoms with Crippen LogP contribution in [0.1, 0.15) is 26.3 Å². The molecular weight excluding hydrogens is 242 g/mol. The molecular formula is C19H25N. The van der Waals surface area contributed by atoms with E-state index in [1.165, 1.54) is 16.8 Å². The Balaban J connectivity index is 2.99. The molecule has 1 nitrogen and oxygen atoms in total. The van der Waals surface area contributed by atoms with E-state index in [-0.39, 0.29) is 0 Å². The van der Waals surface area contributed by atoms with Crippen LogP contribution in [0.4, 0.5) is 5.69 Å². The maximum atomic E-state index is 4.14. The van der Waals surface area contributed by atoms with E-state index in [4.69, 9.17) is 0 Å². The van der Waals surface area contributed by atoms with Crippen LogP contribution >= 0.6 is 0 Å². The van der Waals surface area contributed by atoms with Crippen molar-refractivity contribution in [2.75, 3.05) is 19.0 Å². The molecule has 0 fully saturated rings. The van der Waals surface area contributed by atoms with Gasteiger partial charge in [0.25, 0.3) is 0 Å². The van der Waals surface area contributed by atoms with Crippen LogP contribution in [0, 0.1) is 0 Å². The summed E-state index contributed by atoms with van der Waals surface area (Å²) < 4.78 is 0. The van der Waals surface area contributed by atoms with Crippen molar-refractivity contribution in [1.29, 1.82) is 0 Å². The molecule has 1 aromatic carbocycles. The fourth-order valence-corrected chi connectivity index (χ4v) is 2.15. The van der Waals surface area contributed by atoms with Crippen LogP contribution < -0.4 is 4.90 Å². The van der Waals surface area contributed by atoms with Gasteiger partial charge in [-0.05, 0) is 55.2 Å². The third kappa shape index (κ3) is 3.99. The fraction of sp³-hybridized carbons (Fsp3) is 0.263. The molecule has 0 amide bonds. The first-order chi connectivity index (χ1) is 9.36. The van der Waals surface area contributed by atoms with Crippen LogP contribution in [0.3, 0.4) is 0 Å². The Morgan fingerprint density at radius 2 is 1.60 bits per heavy atom. The lowest BCUT2D eigenvalue weighted by atomic mass is 9.97. The van der Waals surface area contributed by atoms with Crippen LogP contribution in [0.25, 0.3) is 5.57 Å². The van der Waals surface area contributed by atoms with E-state index in [0.717, 1.165) is 16.7 Å². The highest BCUT2D eigenvalue weighted by atomic mass is 15.1. The largest absolute Gasteiger partial charge is 0.378 e. The van der Waals surface area contributed by atoms with E-state index in [1.54, 1.807) is 0 Å². The summed E-state index contributed by atoms with van der Waals surface area (Å²) in [6, 6.07) is 8.55. The van der Waals surface area contributed by atoms with Crippen LogP contribution in [0.5, 0.6) is 0 Å². The molecule has 0 saturated heterocycles. The lowest BCUT2D eigenvalue weighted by Crippen LogP contribution is -2.08. The van der Waals surface area contributed by atoms with Crippen molar-refractivity contribution in [3.8, 4) is 0 Å². The summed E-state index contributed by atoms with van der Waals surface area (Å²) >= 11 is 0. The molecule has 0 aliphatic heterocycles. The minimum absolute atomic E-state index is 1.01. The highest BCUT2D eigenvalue weighted by Gasteiger charge is 2.03. The number of benzene rings is 1. The molecule has 0 heterocycles. The molecule has 20 heavy (non-hydrogen) atoms. The molecule has 0 atom stereocenters. The molecule has 1 aromatic rings. The zero-order valence-electron chi connectivity index (χ0n) is 13.3. The summed E-state index contributed by atoms with van der Waals surface area (Å²) in [6.07, 6.45) is 4.18. The van der Waals surface area contributed by atoms with Crippen molar-refractivity contribution >= 4 is 11.3 Å². The van der Waals surface area contributed by atoms with Crippen molar-refractivity contribution in [2.24, 2.45) is 0 Å². The Kier molecular flexibility index (Phi) is 5.57. The van der Waals surface area contributed by atoms with Crippen LogP contribution in [0.2, 0.25) is 0 Å². The van der Waals surface area contributed by atoms with E-state index in [0.29, 0.717) is 0 Å². The SMILES string of the molecule is C=C(C)/C(=C/C)C(=C)/C=C(\C)c1ccc(N(C)C)cc1. The summed E-state index contributed by atoms with van der Waals surface area (Å²) in [5.41, 5.74) is 6.80. The number of nitrogens with zero attached hydrogens (tertiary/aromatic N) is 1. The second-order valence-corrected chi connectivity index (χ2v) is 5.28. The average molecular weight is 267 g/mol. The molecule has 0 aromatic heterocycles. The third-order valence-corrected chi connectivity index (χ3v) is 3.32. The van der Waals surface area contributed by atoms with Gasteiger partial charge in [0.2, 0.25) is 0 Å². The van der Waals surface area contributed by atoms with Gasteiger partial charge in [-0.15, -0.1) is 0 Å². The summed E-state index contributed by atoms with van der Waals surface area (Å²) in [5, 5.41) is 0. The predicted octanol–water partition coefficient (Wildman–Crippen LogP) is 5.23. The quantitative estimate of drug-likeness (QED) is 0.660. The van der Waals surface area contributed by atoms with Crippen LogP contribution in [0.15, 0.2) is 66.3 Å². The second kappa shape index (κ2) is 6.95. The van der Waals surface area contributed by atoms with Gasteiger partial charge in [-0.3, -0.25) is 0 Å². The van der Waals surface area contributed by atoms with Gasteiger partial charge < -0.3 is 4.90 Å². The highest BCUT2D eigenvalue weighted by Crippen LogP contribution is 2.23. The minimum Gasteiger partial charge on any atom is -0.378 e. The van der Waals surface area contributed by atoms with Gasteiger partial charge in [0.1, 0.15) is 0 Å². The monoisotopic (exact) mass is 267 g/mol. The van der Waals surface area contributed by atoms with E-state index >= 15 is 0 Å². The van der Waals surface area contributed by atoms with Gasteiger partial charge in [-0.2, -0.15) is 0 Å². The average Bonchev–Trinajstić information content (AvgIpc) is 2.39. The van der Waals surface area contributed by atoms with Crippen molar-refractivity contribution < 1.29 is 0 Å². The minimum atomic E-state index is 1.01. The molecule has 0 unspecified atom stereocenters. The zero-order chi connectivity index (χ0) is 15.3. The lowest BCUT2D eigenvalue weighted by molar-refractivity contribution is 1.13. The first-order valence-electron chi connectivity index (χ1n) is 6.84. The molecule has 0 spiro atoms. The smallest absolute Gasteiger partial charge is 0.0361 e. The summed E-state index contributed by atoms with van der Waals surface area (Å²) in [7, 11) is 4.09. The van der Waals surface area contributed by atoms with Gasteiger partial charge in [0, 0.05) is 19.8 Å². The maximum absolute atomic E-state index is 4.14. The van der Waals surface area contributed by atoms with Gasteiger partial charge in [-0.1, -0.05) is 43.0 Å². The Labute approximate surface area is 123 Å². The van der Waals surface area contributed by atoms with Gasteiger partial charge in [0.05, 0.1) is 0 Å². The molecule has 1 rings (SSSR count). The van der Waals surface area contributed by atoms with E-state index in [2.05, 4.69) is 61.4 Å². The molecule has 1 heteroatoms. The zero-order valence-corrected chi connectivity index (χ0v) is 13.3. The highest BCUT2D eigenvalue weighted by molar-refractivity contribution is 5.70. The number of rotatable bonds is 5. The van der Waals surface area contributed by atoms with E-state index in [1.807, 2.05) is 27.9 Å². The predicted molar refractivity (Wildman–Crippen MR) is 92.1 cm³/mol. The summed E-state index contributed by atoms with van der Waals surface area (Å²) in [6.45, 7) is 14.3. The van der Waals surface area contributed by atoms with Crippen molar-refractivity contribution in [1.82, 2.24) is 0 Å². The lowest BCUT2D eigenvalue weighted by Gasteiger charge is -2.13. The van der Waals surface area contributed by atoms with Gasteiger partial charge >= 0.3 is 0 Å². The first-order valence-corrected chi connectivity index (χ1v) is 6.84. The topological polar surface area (TPSA) is 3.24 Å². The normalized spacial score (nSPS) is 12.2. The Hall–Kier alpha value is -2.02. The molecule has 0 aliphatic rings. The van der Waals surface area contributed by atoms with Gasteiger partial charge in [0.15, 0.2) is 0 Å². The number of hydrogen-bond acceptors (Lipinski definition) is 1. The number of allylic oxidation sites excluding steroid dienone is 6. The van der Waals surface area contributed by atoms with E-state index in [9.17, 15) is 0 Å². The number of hydrogen-bond donors (Lipinski definition) is 0. The Bertz CT molecular complexity index is 554. The Morgan fingerprint density at radius 1 is 1.05 bits per heavy atom. The standard InChI is InChI=1S/C19H25N/c1-8-19(14(2)3)16(5)13-15(4)17-9-11-18(12-10-17)20(6)7/h8-13H,2,5H2,1,3-4,6-7H3/b15-13+,19-8-. The molecule has 0 N–H and O–H groups in total. The second-order valence-electron chi connectivity index (χ2n) is 5.28. The van der Waals surface area contributed by atoms with E-state index < -0.39 is 0 Å². The summed E-state index contributed by atoms with van der Waals surface area (Å²) in [5.74, 6) is 0. The number of anilines is 1. The summed E-state index contributed by atoms with van der Waals surface area (Å²) in [4.78, 5) is 2.10. The third-order valence-electron chi connectivity index (χ3n) is 3.32. The molecule has 106 valence electrons. The van der Waals surface area contributed by atoms with Crippen molar-refractivity contribution in [3.05, 3.63) is 71.9 Å². The first kappa shape index (κ1) is 16.0. The fourth-order valence-electron chi connectivity index (χ4n) is 2.15. The van der Waals surface area contributed by atoms with Crippen molar-refractivity contribution in [3.63, 3.8) is 0 Å². The maximum Gasteiger partial charge on any atom is 0.0361 e. The van der Waals surface area contributed by atoms with Crippen LogP contribution in [-0.2, 0) is 0 Å². The van der Waals surface area contributed by atoms with Crippen LogP contribution in [-0.4, -0.2) is 14.1 Å². The molecule has 0 bridgehead atoms. The molecule has 0 saturated carbocycles. The molecule has 0 radical (unpaired) electrons. The van der Waals surface area contributed by atoms with Gasteiger partial charge in [-0.25, -0.2) is 0 Å². The van der Waals surface area contributed by atoms with Crippen molar-refractivity contribution in [2.45, 2.75) is 20.8 Å². The molecule has 0 aliphatic carbocycles.